The summed E-state index contributed by atoms with van der Waals surface area (Å²) < 4.78 is 12.4. The molecule has 1 aromatic rings. The van der Waals surface area contributed by atoms with Gasteiger partial charge in [-0.25, -0.2) is 4.79 Å². The van der Waals surface area contributed by atoms with Crippen LogP contribution in [0.25, 0.3) is 0 Å². The van der Waals surface area contributed by atoms with Gasteiger partial charge in [-0.15, -0.1) is 0 Å². The molecule has 1 rings (SSSR count). The summed E-state index contributed by atoms with van der Waals surface area (Å²) >= 11 is 0. The van der Waals surface area contributed by atoms with Crippen molar-refractivity contribution < 1.29 is 14.5 Å². The smallest absolute Gasteiger partial charge is 0.317 e. The molecular weight excluding hydrogens is 350 g/mol. The quantitative estimate of drug-likeness (QED) is 0.669. The fourth-order valence-electron chi connectivity index (χ4n) is 2.55. The molecule has 6 nitrogen and oxygen atoms in total. The van der Waals surface area contributed by atoms with Crippen molar-refractivity contribution in [3.63, 3.8) is 0 Å². The summed E-state index contributed by atoms with van der Waals surface area (Å²) in [5.41, 5.74) is 1.15. The molecule has 0 fully saturated rings. The predicted octanol–water partition coefficient (Wildman–Crippen LogP) is 2.04. The van der Waals surface area contributed by atoms with Crippen LogP contribution in [-0.2, 0) is 10.8 Å². The van der Waals surface area contributed by atoms with Gasteiger partial charge in [0.25, 0.3) is 0 Å². The number of urea groups is 1. The summed E-state index contributed by atoms with van der Waals surface area (Å²) in [5, 5.41) is 2.98. The van der Waals surface area contributed by atoms with E-state index in [0.29, 0.717) is 18.8 Å². The van der Waals surface area contributed by atoms with E-state index >= 15 is 0 Å². The summed E-state index contributed by atoms with van der Waals surface area (Å²) in [6.45, 7) is 14.1. The number of benzene rings is 1. The third-order valence-electron chi connectivity index (χ3n) is 4.28. The molecule has 2 amide bonds. The Bertz CT molecular complexity index is 545. The summed E-state index contributed by atoms with van der Waals surface area (Å²) in [6.07, 6.45) is 0. The Morgan fingerprint density at radius 2 is 1.69 bits per heavy atom. The van der Waals surface area contributed by atoms with E-state index in [2.05, 4.69) is 24.1 Å². The lowest BCUT2D eigenvalue weighted by Gasteiger charge is -2.27. The normalized spacial score (nSPS) is 12.0. The maximum atomic E-state index is 12.4. The highest BCUT2D eigenvalue weighted by molar-refractivity contribution is 7.85. The lowest BCUT2D eigenvalue weighted by atomic mass is 10.2. The minimum absolute atomic E-state index is 0. The Kier molecular flexibility index (Phi) is 12.1. The van der Waals surface area contributed by atoms with E-state index in [1.165, 1.54) is 0 Å². The topological polar surface area (TPSA) is 84.2 Å². The lowest BCUT2D eigenvalue weighted by Crippen LogP contribution is -2.47. The third kappa shape index (κ3) is 8.29. The zero-order valence-electron chi connectivity index (χ0n) is 16.7. The monoisotopic (exact) mass is 385 g/mol. The molecule has 0 aliphatic heterocycles. The van der Waals surface area contributed by atoms with E-state index < -0.39 is 10.8 Å². The number of carbonyl (C=O) groups is 1. The van der Waals surface area contributed by atoms with E-state index in [0.717, 1.165) is 30.1 Å². The molecule has 7 heteroatoms. The van der Waals surface area contributed by atoms with Crippen LogP contribution in [0.2, 0.25) is 0 Å². The fraction of sp³-hybridized carbons (Fsp3) is 0.632. The molecule has 0 spiro atoms. The summed E-state index contributed by atoms with van der Waals surface area (Å²) in [4.78, 5) is 17.3. The molecule has 0 saturated carbocycles. The number of hydrogen-bond acceptors (Lipinski definition) is 3. The fourth-order valence-corrected chi connectivity index (χ4v) is 3.58. The van der Waals surface area contributed by atoms with Gasteiger partial charge >= 0.3 is 6.03 Å². The number of carbonyl (C=O) groups excluding carboxylic acids is 1. The molecule has 0 aliphatic carbocycles. The van der Waals surface area contributed by atoms with Crippen molar-refractivity contribution in [3.05, 3.63) is 29.8 Å². The highest BCUT2D eigenvalue weighted by atomic mass is 32.2. The number of nitrogens with zero attached hydrogens (tertiary/aromatic N) is 2. The Balaban J connectivity index is 0.00000625. The van der Waals surface area contributed by atoms with Gasteiger partial charge in [-0.3, -0.25) is 4.21 Å². The van der Waals surface area contributed by atoms with Gasteiger partial charge in [0.1, 0.15) is 0 Å². The van der Waals surface area contributed by atoms with Gasteiger partial charge in [-0.1, -0.05) is 31.5 Å². The zero-order chi connectivity index (χ0) is 18.8. The van der Waals surface area contributed by atoms with Crippen molar-refractivity contribution in [1.29, 1.82) is 0 Å². The molecule has 0 bridgehead atoms. The SMILES string of the molecule is CCN(CC)CCNC(=O)N(CCS(=O)c1ccc(C)cc1)C(C)C.O. The number of amides is 2. The Hall–Kier alpha value is -1.44. The molecule has 26 heavy (non-hydrogen) atoms. The van der Waals surface area contributed by atoms with Gasteiger partial charge in [0.05, 0.1) is 10.8 Å². The third-order valence-corrected chi connectivity index (χ3v) is 5.64. The van der Waals surface area contributed by atoms with Gasteiger partial charge < -0.3 is 20.6 Å². The summed E-state index contributed by atoms with van der Waals surface area (Å²) in [5.74, 6) is 0.449. The Morgan fingerprint density at radius 3 is 2.19 bits per heavy atom. The standard InChI is InChI=1S/C19H33N3O2S.H2O/c1-6-21(7-2)13-12-20-19(23)22(16(3)4)14-15-25(24)18-10-8-17(5)9-11-18;/h8-11,16H,6-7,12-15H2,1-5H3,(H,20,23);1H2. The first-order valence-corrected chi connectivity index (χ1v) is 10.4. The number of nitrogens with one attached hydrogen (secondary N) is 1. The highest BCUT2D eigenvalue weighted by Crippen LogP contribution is 2.09. The van der Waals surface area contributed by atoms with E-state index in [1.807, 2.05) is 45.0 Å². The van der Waals surface area contributed by atoms with Crippen LogP contribution in [0.4, 0.5) is 4.79 Å². The molecule has 1 aromatic carbocycles. The Labute approximate surface area is 160 Å². The molecule has 150 valence electrons. The first-order valence-electron chi connectivity index (χ1n) is 9.10. The van der Waals surface area contributed by atoms with Crippen LogP contribution in [0.3, 0.4) is 0 Å². The highest BCUT2D eigenvalue weighted by Gasteiger charge is 2.18. The van der Waals surface area contributed by atoms with Crippen molar-refractivity contribution in [1.82, 2.24) is 15.1 Å². The molecule has 0 saturated heterocycles. The number of likely N-dealkylation sites (N-methyl/N-ethyl adjacent to an activating group) is 1. The lowest BCUT2D eigenvalue weighted by molar-refractivity contribution is 0.185. The average molecular weight is 386 g/mol. The number of aryl methyl sites for hydroxylation is 1. The largest absolute Gasteiger partial charge is 0.412 e. The predicted molar refractivity (Wildman–Crippen MR) is 109 cm³/mol. The molecular formula is C19H35N3O3S. The second-order valence-electron chi connectivity index (χ2n) is 6.41. The van der Waals surface area contributed by atoms with E-state index in [9.17, 15) is 9.00 Å². The van der Waals surface area contributed by atoms with Crippen LogP contribution >= 0.6 is 0 Å². The Morgan fingerprint density at radius 1 is 1.12 bits per heavy atom. The summed E-state index contributed by atoms with van der Waals surface area (Å²) in [6, 6.07) is 7.72. The van der Waals surface area contributed by atoms with Crippen LogP contribution in [-0.4, -0.2) is 70.0 Å². The van der Waals surface area contributed by atoms with Crippen LogP contribution in [0.1, 0.15) is 33.3 Å². The molecule has 3 N–H and O–H groups in total. The average Bonchev–Trinajstić information content (AvgIpc) is 2.59. The van der Waals surface area contributed by atoms with Crippen molar-refractivity contribution in [2.75, 3.05) is 38.5 Å². The molecule has 0 heterocycles. The first-order chi connectivity index (χ1) is 11.9. The van der Waals surface area contributed by atoms with Gasteiger partial charge in [-0.05, 0) is 46.0 Å². The van der Waals surface area contributed by atoms with E-state index in [-0.39, 0.29) is 17.5 Å². The van der Waals surface area contributed by atoms with Crippen molar-refractivity contribution in [3.8, 4) is 0 Å². The van der Waals surface area contributed by atoms with Gasteiger partial charge in [-0.2, -0.15) is 0 Å². The van der Waals surface area contributed by atoms with Crippen molar-refractivity contribution >= 4 is 16.8 Å². The maximum Gasteiger partial charge on any atom is 0.317 e. The molecule has 0 aromatic heterocycles. The van der Waals surface area contributed by atoms with Crippen LogP contribution in [0, 0.1) is 6.92 Å². The number of rotatable bonds is 10. The molecule has 1 unspecified atom stereocenters. The first kappa shape index (κ1) is 24.6. The van der Waals surface area contributed by atoms with E-state index in [4.69, 9.17) is 0 Å². The van der Waals surface area contributed by atoms with Gasteiger partial charge in [0, 0.05) is 36.3 Å². The molecule has 0 aliphatic rings. The van der Waals surface area contributed by atoms with Crippen molar-refractivity contribution in [2.45, 2.75) is 45.6 Å². The second-order valence-corrected chi connectivity index (χ2v) is 7.98. The molecule has 1 atom stereocenters. The maximum absolute atomic E-state index is 12.4. The van der Waals surface area contributed by atoms with Crippen molar-refractivity contribution in [2.24, 2.45) is 0 Å². The minimum Gasteiger partial charge on any atom is -0.412 e. The van der Waals surface area contributed by atoms with Crippen LogP contribution in [0.15, 0.2) is 29.2 Å². The zero-order valence-corrected chi connectivity index (χ0v) is 17.6. The summed E-state index contributed by atoms with van der Waals surface area (Å²) in [7, 11) is -1.09. The second kappa shape index (κ2) is 12.8. The molecule has 0 radical (unpaired) electrons. The van der Waals surface area contributed by atoms with Gasteiger partial charge in [0.2, 0.25) is 0 Å². The minimum atomic E-state index is -1.09. The van der Waals surface area contributed by atoms with Crippen LogP contribution in [0.5, 0.6) is 0 Å². The van der Waals surface area contributed by atoms with Crippen LogP contribution < -0.4 is 5.32 Å². The van der Waals surface area contributed by atoms with E-state index in [1.54, 1.807) is 4.90 Å². The number of hydrogen-bond donors (Lipinski definition) is 1. The van der Waals surface area contributed by atoms with Gasteiger partial charge in [0.15, 0.2) is 0 Å².